The molecule has 3 nitrogen and oxygen atoms in total. The standard InChI is InChI=1S/C19H21N3/c1-21-11-5-9-19-17(14-21)16-7-2-3-8-18(16)22(19)13-15-6-4-10-20-12-15/h2-4,6-8,10,12H,5,9,11,13-14H2,1H3. The first-order chi connectivity index (χ1) is 10.8. The third-order valence-corrected chi connectivity index (χ3v) is 4.64. The lowest BCUT2D eigenvalue weighted by atomic mass is 10.1. The van der Waals surface area contributed by atoms with Crippen molar-refractivity contribution in [3.05, 3.63) is 65.6 Å². The normalized spacial score (nSPS) is 15.7. The highest BCUT2D eigenvalue weighted by Gasteiger charge is 2.20. The van der Waals surface area contributed by atoms with Gasteiger partial charge in [-0.15, -0.1) is 0 Å². The Morgan fingerprint density at radius 3 is 2.91 bits per heavy atom. The maximum Gasteiger partial charge on any atom is 0.0494 e. The lowest BCUT2D eigenvalue weighted by Crippen LogP contribution is -2.16. The maximum absolute atomic E-state index is 4.27. The number of nitrogens with zero attached hydrogens (tertiary/aromatic N) is 3. The summed E-state index contributed by atoms with van der Waals surface area (Å²) in [5, 5.41) is 1.41. The van der Waals surface area contributed by atoms with Gasteiger partial charge in [-0.2, -0.15) is 0 Å². The quantitative estimate of drug-likeness (QED) is 0.721. The summed E-state index contributed by atoms with van der Waals surface area (Å²) in [5.41, 5.74) is 5.64. The van der Waals surface area contributed by atoms with E-state index in [0.717, 1.165) is 19.5 Å². The Labute approximate surface area is 131 Å². The number of benzene rings is 1. The van der Waals surface area contributed by atoms with Gasteiger partial charge in [0, 0.05) is 42.1 Å². The summed E-state index contributed by atoms with van der Waals surface area (Å²) < 4.78 is 2.50. The average Bonchev–Trinajstić information content (AvgIpc) is 2.70. The Hall–Kier alpha value is -2.13. The molecule has 0 radical (unpaired) electrons. The molecule has 0 bridgehead atoms. The fraction of sp³-hybridized carbons (Fsp3) is 0.316. The van der Waals surface area contributed by atoms with Crippen LogP contribution in [0.3, 0.4) is 0 Å². The summed E-state index contributed by atoms with van der Waals surface area (Å²) in [7, 11) is 2.22. The molecular formula is C19H21N3. The number of para-hydroxylation sites is 1. The van der Waals surface area contributed by atoms with E-state index < -0.39 is 0 Å². The van der Waals surface area contributed by atoms with Gasteiger partial charge in [0.25, 0.3) is 0 Å². The molecule has 0 unspecified atom stereocenters. The van der Waals surface area contributed by atoms with E-state index in [1.807, 2.05) is 18.5 Å². The van der Waals surface area contributed by atoms with Crippen LogP contribution in [-0.2, 0) is 19.5 Å². The first kappa shape index (κ1) is 13.5. The van der Waals surface area contributed by atoms with Crippen molar-refractivity contribution >= 4 is 10.9 Å². The minimum absolute atomic E-state index is 0.910. The van der Waals surface area contributed by atoms with Gasteiger partial charge in [-0.25, -0.2) is 0 Å². The van der Waals surface area contributed by atoms with Crippen LogP contribution in [0.25, 0.3) is 10.9 Å². The van der Waals surface area contributed by atoms with Crippen LogP contribution >= 0.6 is 0 Å². The summed E-state index contributed by atoms with van der Waals surface area (Å²) in [6, 6.07) is 13.0. The number of hydrogen-bond donors (Lipinski definition) is 0. The van der Waals surface area contributed by atoms with Gasteiger partial charge >= 0.3 is 0 Å². The zero-order valence-corrected chi connectivity index (χ0v) is 13.0. The summed E-state index contributed by atoms with van der Waals surface area (Å²) in [4.78, 5) is 6.70. The third kappa shape index (κ3) is 2.32. The van der Waals surface area contributed by atoms with Crippen molar-refractivity contribution in [3.63, 3.8) is 0 Å². The minimum atomic E-state index is 0.910. The fourth-order valence-corrected chi connectivity index (χ4v) is 3.61. The van der Waals surface area contributed by atoms with Gasteiger partial charge in [-0.3, -0.25) is 4.98 Å². The molecule has 1 aliphatic rings. The summed E-state index contributed by atoms with van der Waals surface area (Å²) in [5.74, 6) is 0. The van der Waals surface area contributed by atoms with Crippen molar-refractivity contribution in [2.45, 2.75) is 25.9 Å². The predicted octanol–water partition coefficient (Wildman–Crippen LogP) is 3.46. The van der Waals surface area contributed by atoms with E-state index in [4.69, 9.17) is 0 Å². The van der Waals surface area contributed by atoms with Crippen LogP contribution in [0.2, 0.25) is 0 Å². The molecule has 3 heterocycles. The van der Waals surface area contributed by atoms with E-state index in [0.29, 0.717) is 0 Å². The number of aromatic nitrogens is 2. The highest BCUT2D eigenvalue weighted by Crippen LogP contribution is 2.30. The molecule has 22 heavy (non-hydrogen) atoms. The van der Waals surface area contributed by atoms with Gasteiger partial charge in [-0.1, -0.05) is 24.3 Å². The van der Waals surface area contributed by atoms with Gasteiger partial charge in [0.2, 0.25) is 0 Å². The van der Waals surface area contributed by atoms with Crippen molar-refractivity contribution in [1.29, 1.82) is 0 Å². The Morgan fingerprint density at radius 1 is 1.14 bits per heavy atom. The predicted molar refractivity (Wildman–Crippen MR) is 89.9 cm³/mol. The second-order valence-corrected chi connectivity index (χ2v) is 6.23. The van der Waals surface area contributed by atoms with E-state index in [1.54, 1.807) is 0 Å². The third-order valence-electron chi connectivity index (χ3n) is 4.64. The Balaban J connectivity index is 1.88. The summed E-state index contributed by atoms with van der Waals surface area (Å²) >= 11 is 0. The lowest BCUT2D eigenvalue weighted by Gasteiger charge is -2.12. The fourth-order valence-electron chi connectivity index (χ4n) is 3.61. The number of fused-ring (bicyclic) bond motifs is 3. The van der Waals surface area contributed by atoms with Gasteiger partial charge in [0.1, 0.15) is 0 Å². The summed E-state index contributed by atoms with van der Waals surface area (Å²) in [6.07, 6.45) is 6.21. The van der Waals surface area contributed by atoms with Crippen molar-refractivity contribution < 1.29 is 0 Å². The molecule has 0 N–H and O–H groups in total. The van der Waals surface area contributed by atoms with Crippen LogP contribution in [0, 0.1) is 0 Å². The largest absolute Gasteiger partial charge is 0.340 e. The minimum Gasteiger partial charge on any atom is -0.340 e. The van der Waals surface area contributed by atoms with Crippen LogP contribution < -0.4 is 0 Å². The highest BCUT2D eigenvalue weighted by molar-refractivity contribution is 5.85. The number of rotatable bonds is 2. The van der Waals surface area contributed by atoms with Crippen LogP contribution in [0.1, 0.15) is 23.2 Å². The van der Waals surface area contributed by atoms with E-state index in [-0.39, 0.29) is 0 Å². The van der Waals surface area contributed by atoms with Crippen LogP contribution in [0.4, 0.5) is 0 Å². The van der Waals surface area contributed by atoms with Crippen molar-refractivity contribution in [3.8, 4) is 0 Å². The molecule has 1 aliphatic heterocycles. The average molecular weight is 291 g/mol. The van der Waals surface area contributed by atoms with E-state index in [1.165, 1.54) is 40.7 Å². The van der Waals surface area contributed by atoms with Crippen LogP contribution in [0.15, 0.2) is 48.8 Å². The molecule has 2 aromatic heterocycles. The molecule has 0 aliphatic carbocycles. The Morgan fingerprint density at radius 2 is 2.05 bits per heavy atom. The molecule has 0 saturated carbocycles. The Bertz CT molecular complexity index is 789. The van der Waals surface area contributed by atoms with Gasteiger partial charge < -0.3 is 9.47 Å². The molecule has 0 atom stereocenters. The van der Waals surface area contributed by atoms with Crippen LogP contribution in [-0.4, -0.2) is 28.0 Å². The SMILES string of the molecule is CN1CCCc2c(c3ccccc3n2Cc2cccnc2)C1. The maximum atomic E-state index is 4.27. The van der Waals surface area contributed by atoms with Gasteiger partial charge in [-0.05, 0) is 49.7 Å². The molecule has 3 aromatic rings. The molecule has 1 aromatic carbocycles. The van der Waals surface area contributed by atoms with E-state index in [9.17, 15) is 0 Å². The number of hydrogen-bond acceptors (Lipinski definition) is 2. The zero-order valence-electron chi connectivity index (χ0n) is 13.0. The lowest BCUT2D eigenvalue weighted by molar-refractivity contribution is 0.333. The molecule has 112 valence electrons. The monoisotopic (exact) mass is 291 g/mol. The van der Waals surface area contributed by atoms with Crippen molar-refractivity contribution in [2.24, 2.45) is 0 Å². The molecular weight excluding hydrogens is 270 g/mol. The number of pyridine rings is 1. The molecule has 0 amide bonds. The molecule has 0 spiro atoms. The van der Waals surface area contributed by atoms with Crippen molar-refractivity contribution in [2.75, 3.05) is 13.6 Å². The summed E-state index contributed by atoms with van der Waals surface area (Å²) in [6.45, 7) is 3.14. The Kier molecular flexibility index (Phi) is 3.43. The molecule has 0 fully saturated rings. The molecule has 0 saturated heterocycles. The topological polar surface area (TPSA) is 21.1 Å². The second kappa shape index (κ2) is 5.58. The second-order valence-electron chi connectivity index (χ2n) is 6.23. The van der Waals surface area contributed by atoms with Gasteiger partial charge in [0.15, 0.2) is 0 Å². The van der Waals surface area contributed by atoms with Crippen LogP contribution in [0.5, 0.6) is 0 Å². The smallest absolute Gasteiger partial charge is 0.0494 e. The first-order valence-electron chi connectivity index (χ1n) is 7.99. The zero-order chi connectivity index (χ0) is 14.9. The van der Waals surface area contributed by atoms with Gasteiger partial charge in [0.05, 0.1) is 0 Å². The first-order valence-corrected chi connectivity index (χ1v) is 7.99. The molecule has 3 heteroatoms. The molecule has 4 rings (SSSR count). The van der Waals surface area contributed by atoms with Crippen molar-refractivity contribution in [1.82, 2.24) is 14.5 Å². The van der Waals surface area contributed by atoms with E-state index >= 15 is 0 Å². The highest BCUT2D eigenvalue weighted by atomic mass is 15.1. The van der Waals surface area contributed by atoms with E-state index in [2.05, 4.69) is 51.8 Å².